The van der Waals surface area contributed by atoms with Gasteiger partial charge in [0.05, 0.1) is 22.8 Å². The van der Waals surface area contributed by atoms with E-state index < -0.39 is 31.6 Å². The fourth-order valence-corrected chi connectivity index (χ4v) is 11.0. The molecule has 0 aromatic heterocycles. The molecule has 0 radical (unpaired) electrons. The Morgan fingerprint density at radius 2 is 1.06 bits per heavy atom. The van der Waals surface area contributed by atoms with Crippen molar-refractivity contribution in [3.8, 4) is 0 Å². The van der Waals surface area contributed by atoms with Gasteiger partial charge in [-0.05, 0) is 36.4 Å². The fraction of sp³-hybridized carbons (Fsp3) is 0.571. The smallest absolute Gasteiger partial charge is 0.379 e. The van der Waals surface area contributed by atoms with Gasteiger partial charge in [-0.3, -0.25) is 0 Å². The van der Waals surface area contributed by atoms with E-state index in [0.717, 1.165) is 25.3 Å². The maximum atomic E-state index is 12.2. The number of hydrogen-bond acceptors (Lipinski definition) is 4. The fourth-order valence-electron chi connectivity index (χ4n) is 4.62. The number of ether oxygens (including phenoxy) is 1. The van der Waals surface area contributed by atoms with Gasteiger partial charge in [0.2, 0.25) is 0 Å². The van der Waals surface area contributed by atoms with Crippen LogP contribution in [0.25, 0.3) is 0 Å². The van der Waals surface area contributed by atoms with Crippen molar-refractivity contribution in [2.24, 2.45) is 0 Å². The Bertz CT molecular complexity index is 876. The largest absolute Gasteiger partial charge is 0.500 e. The summed E-state index contributed by atoms with van der Waals surface area (Å²) >= 11 is 0. The average molecular weight is 551 g/mol. The molecule has 0 N–H and O–H groups in total. The molecule has 0 bridgehead atoms. The molecule has 8 heteroatoms. The van der Waals surface area contributed by atoms with Gasteiger partial charge >= 0.3 is 8.80 Å². The summed E-state index contributed by atoms with van der Waals surface area (Å²) in [4.78, 5) is 0. The summed E-state index contributed by atoms with van der Waals surface area (Å²) in [6, 6.07) is 21.7. The summed E-state index contributed by atoms with van der Waals surface area (Å²) in [5.74, 6) is 0. The third-order valence-corrected chi connectivity index (χ3v) is 17.1. The first kappa shape index (κ1) is 31.1. The highest BCUT2D eigenvalue weighted by Gasteiger charge is 2.37. The molecule has 36 heavy (non-hydrogen) atoms. The Kier molecular flexibility index (Phi) is 12.7. The van der Waals surface area contributed by atoms with Gasteiger partial charge in [-0.25, -0.2) is 4.39 Å². The van der Waals surface area contributed by atoms with Crippen LogP contribution in [0.15, 0.2) is 48.5 Å². The minimum Gasteiger partial charge on any atom is -0.379 e. The molecule has 0 aliphatic rings. The van der Waals surface area contributed by atoms with Crippen LogP contribution in [0.5, 0.6) is 0 Å². The van der Waals surface area contributed by atoms with Gasteiger partial charge < -0.3 is 18.0 Å². The molecule has 2 aromatic rings. The highest BCUT2D eigenvalue weighted by molar-refractivity contribution is 6.91. The van der Waals surface area contributed by atoms with Crippen LogP contribution in [0.1, 0.15) is 17.5 Å². The molecule has 0 unspecified atom stereocenters. The van der Waals surface area contributed by atoms with Gasteiger partial charge in [0.25, 0.3) is 0 Å². The molecule has 0 saturated carbocycles. The highest BCUT2D eigenvalue weighted by Crippen LogP contribution is 2.20. The molecule has 2 aromatic carbocycles. The van der Waals surface area contributed by atoms with Crippen LogP contribution in [0.2, 0.25) is 44.3 Å². The van der Waals surface area contributed by atoms with Crippen molar-refractivity contribution in [2.45, 2.75) is 63.6 Å². The third-order valence-electron chi connectivity index (χ3n) is 7.47. The minimum atomic E-state index is -2.53. The first-order valence-electron chi connectivity index (χ1n) is 13.1. The van der Waals surface area contributed by atoms with E-state index in [0.29, 0.717) is 6.61 Å². The molecule has 0 aliphatic carbocycles. The number of alkyl halides is 1. The van der Waals surface area contributed by atoms with Gasteiger partial charge in [0, 0.05) is 34.0 Å². The monoisotopic (exact) mass is 550 g/mol. The lowest BCUT2D eigenvalue weighted by Crippen LogP contribution is -2.45. The predicted molar refractivity (Wildman–Crippen MR) is 157 cm³/mol. The number of halogens is 1. The van der Waals surface area contributed by atoms with Gasteiger partial charge in [-0.15, -0.1) is 0 Å². The molecular formula is C28H47FO4Si3. The maximum absolute atomic E-state index is 12.2. The molecule has 2 rings (SSSR count). The first-order valence-corrected chi connectivity index (χ1v) is 21.4. The summed E-state index contributed by atoms with van der Waals surface area (Å²) in [6.07, 6.45) is 3.00. The molecule has 0 amide bonds. The number of rotatable bonds is 17. The van der Waals surface area contributed by atoms with E-state index in [1.54, 1.807) is 21.3 Å². The SMILES string of the molecule is CO[Si](CCc1ccc(CC[Si](C)(C)c2ccc([Si](C)(C)CCCOCCF)cc2)cc1)(OC)OC. The second kappa shape index (κ2) is 14.7. The molecule has 0 spiro atoms. The Morgan fingerprint density at radius 3 is 1.50 bits per heavy atom. The second-order valence-corrected chi connectivity index (χ2v) is 23.6. The molecule has 0 atom stereocenters. The topological polar surface area (TPSA) is 36.9 Å². The lowest BCUT2D eigenvalue weighted by molar-refractivity contribution is 0.119. The molecule has 4 nitrogen and oxygen atoms in total. The Hall–Kier alpha value is -1.14. The maximum Gasteiger partial charge on any atom is 0.500 e. The minimum absolute atomic E-state index is 0.222. The van der Waals surface area contributed by atoms with E-state index in [-0.39, 0.29) is 6.61 Å². The summed E-state index contributed by atoms with van der Waals surface area (Å²) in [6.45, 7) is 10.3. The van der Waals surface area contributed by atoms with Crippen LogP contribution >= 0.6 is 0 Å². The summed E-state index contributed by atoms with van der Waals surface area (Å²) in [5.41, 5.74) is 2.68. The van der Waals surface area contributed by atoms with Crippen LogP contribution in [-0.2, 0) is 30.9 Å². The molecule has 0 aliphatic heterocycles. The van der Waals surface area contributed by atoms with E-state index in [2.05, 4.69) is 74.7 Å². The van der Waals surface area contributed by atoms with Crippen LogP contribution in [0, 0.1) is 0 Å². The van der Waals surface area contributed by atoms with Gasteiger partial charge in [0.15, 0.2) is 0 Å². The molecule has 0 fully saturated rings. The van der Waals surface area contributed by atoms with Crippen molar-refractivity contribution >= 4 is 35.3 Å². The Labute approximate surface area is 221 Å². The van der Waals surface area contributed by atoms with Crippen LogP contribution in [0.3, 0.4) is 0 Å². The van der Waals surface area contributed by atoms with Crippen LogP contribution in [0.4, 0.5) is 4.39 Å². The van der Waals surface area contributed by atoms with Crippen molar-refractivity contribution < 1.29 is 22.4 Å². The number of aryl methyl sites for hydroxylation is 2. The van der Waals surface area contributed by atoms with Crippen molar-refractivity contribution in [1.29, 1.82) is 0 Å². The van der Waals surface area contributed by atoms with Gasteiger partial charge in [0.1, 0.15) is 6.67 Å². The van der Waals surface area contributed by atoms with E-state index in [1.807, 2.05) is 0 Å². The zero-order valence-electron chi connectivity index (χ0n) is 23.5. The zero-order chi connectivity index (χ0) is 26.7. The molecule has 0 heterocycles. The van der Waals surface area contributed by atoms with Gasteiger partial charge in [-0.1, -0.05) is 91.1 Å². The molecule has 202 valence electrons. The van der Waals surface area contributed by atoms with E-state index in [4.69, 9.17) is 18.0 Å². The Balaban J connectivity index is 1.90. The molecular weight excluding hydrogens is 504 g/mol. The molecule has 0 saturated heterocycles. The summed E-state index contributed by atoms with van der Waals surface area (Å²) in [7, 11) is -0.574. The van der Waals surface area contributed by atoms with Crippen molar-refractivity contribution in [3.05, 3.63) is 59.7 Å². The van der Waals surface area contributed by atoms with Gasteiger partial charge in [-0.2, -0.15) is 0 Å². The quantitative estimate of drug-likeness (QED) is 0.191. The lowest BCUT2D eigenvalue weighted by atomic mass is 10.1. The third kappa shape index (κ3) is 9.31. The first-order chi connectivity index (χ1) is 17.1. The van der Waals surface area contributed by atoms with Crippen LogP contribution < -0.4 is 10.4 Å². The van der Waals surface area contributed by atoms with E-state index in [9.17, 15) is 4.39 Å². The number of benzene rings is 2. The van der Waals surface area contributed by atoms with Crippen molar-refractivity contribution in [2.75, 3.05) is 41.2 Å². The zero-order valence-corrected chi connectivity index (χ0v) is 26.5. The average Bonchev–Trinajstić information content (AvgIpc) is 2.89. The number of hydrogen-bond donors (Lipinski definition) is 0. The standard InChI is InChI=1S/C28H47FO4Si3/c1-30-36(31-2,32-3)24-18-26-11-9-25(10-12-26)17-23-35(6,7)28-15-13-27(14-16-28)34(4,5)22-8-20-33-21-19-29/h9-16H,8,17-24H2,1-7H3. The van der Waals surface area contributed by atoms with E-state index in [1.165, 1.54) is 33.6 Å². The predicted octanol–water partition coefficient (Wildman–Crippen LogP) is 5.56. The normalized spacial score (nSPS) is 12.8. The second-order valence-electron chi connectivity index (χ2n) is 10.9. The Morgan fingerprint density at radius 1 is 0.611 bits per heavy atom. The van der Waals surface area contributed by atoms with Crippen molar-refractivity contribution in [1.82, 2.24) is 0 Å². The summed E-state index contributed by atoms with van der Waals surface area (Å²) in [5, 5.41) is 3.03. The lowest BCUT2D eigenvalue weighted by Gasteiger charge is -2.26. The summed E-state index contributed by atoms with van der Waals surface area (Å²) < 4.78 is 34.1. The highest BCUT2D eigenvalue weighted by atomic mass is 28.4. The van der Waals surface area contributed by atoms with Crippen molar-refractivity contribution in [3.63, 3.8) is 0 Å². The van der Waals surface area contributed by atoms with E-state index >= 15 is 0 Å². The van der Waals surface area contributed by atoms with Crippen LogP contribution in [-0.4, -0.2) is 66.2 Å².